The normalized spacial score (nSPS) is 18.9. The van der Waals surface area contributed by atoms with Crippen LogP contribution in [0.1, 0.15) is 56.6 Å². The zero-order valence-corrected chi connectivity index (χ0v) is 19.0. The number of carbonyl (C=O) groups excluding carboxylic acids is 2. The summed E-state index contributed by atoms with van der Waals surface area (Å²) in [6.45, 7) is 4.11. The number of halogens is 1. The van der Waals surface area contributed by atoms with Gasteiger partial charge in [0.2, 0.25) is 5.91 Å². The first-order valence-electron chi connectivity index (χ1n) is 11.5. The van der Waals surface area contributed by atoms with Crippen molar-refractivity contribution in [2.75, 3.05) is 39.4 Å². The molecule has 2 aliphatic rings. The van der Waals surface area contributed by atoms with Crippen LogP contribution in [0.3, 0.4) is 0 Å². The lowest BCUT2D eigenvalue weighted by Crippen LogP contribution is -2.44. The standard InChI is InChI=1S/C23H35ClN4O3/c24-19-10-8-18(9-11-19)21(28-13-15-31-16-14-28)17-26-22(29)7-4-12-25-23(30)27-20-5-2-1-3-6-20/h8-11,20-21H,1-7,12-17H2,(H,26,29)(H2,25,27,30)/t21-/m0/s1. The van der Waals surface area contributed by atoms with Crippen molar-refractivity contribution in [1.29, 1.82) is 0 Å². The quantitative estimate of drug-likeness (QED) is 0.504. The van der Waals surface area contributed by atoms with Crippen LogP contribution >= 0.6 is 11.6 Å². The SMILES string of the molecule is O=C(CCCNC(=O)NC1CCCCC1)NC[C@@H](c1ccc(Cl)cc1)N1CCOCC1. The van der Waals surface area contributed by atoms with Crippen LogP contribution < -0.4 is 16.0 Å². The van der Waals surface area contributed by atoms with E-state index < -0.39 is 0 Å². The summed E-state index contributed by atoms with van der Waals surface area (Å²) in [4.78, 5) is 26.7. The molecule has 0 unspecified atom stereocenters. The Labute approximate surface area is 190 Å². The fourth-order valence-corrected chi connectivity index (χ4v) is 4.39. The summed E-state index contributed by atoms with van der Waals surface area (Å²) in [5, 5.41) is 9.66. The molecule has 1 aliphatic carbocycles. The fraction of sp³-hybridized carbons (Fsp3) is 0.652. The van der Waals surface area contributed by atoms with Crippen molar-refractivity contribution in [2.45, 2.75) is 57.0 Å². The fourth-order valence-electron chi connectivity index (χ4n) is 4.26. The highest BCUT2D eigenvalue weighted by atomic mass is 35.5. The Hall–Kier alpha value is -1.83. The van der Waals surface area contributed by atoms with Crippen LogP contribution in [-0.2, 0) is 9.53 Å². The number of nitrogens with one attached hydrogen (secondary N) is 3. The molecule has 2 fully saturated rings. The third-order valence-electron chi connectivity index (χ3n) is 6.04. The summed E-state index contributed by atoms with van der Waals surface area (Å²) in [6, 6.07) is 8.06. The van der Waals surface area contributed by atoms with Crippen molar-refractivity contribution in [3.05, 3.63) is 34.9 Å². The van der Waals surface area contributed by atoms with E-state index in [1.54, 1.807) is 0 Å². The van der Waals surface area contributed by atoms with Gasteiger partial charge in [-0.25, -0.2) is 4.79 Å². The van der Waals surface area contributed by atoms with E-state index in [0.29, 0.717) is 50.2 Å². The molecule has 8 heteroatoms. The number of amides is 3. The number of nitrogens with zero attached hydrogens (tertiary/aromatic N) is 1. The molecule has 3 N–H and O–H groups in total. The summed E-state index contributed by atoms with van der Waals surface area (Å²) in [6.07, 6.45) is 6.77. The number of morpholine rings is 1. The van der Waals surface area contributed by atoms with E-state index in [-0.39, 0.29) is 18.0 Å². The molecular weight excluding hydrogens is 416 g/mol. The van der Waals surface area contributed by atoms with E-state index in [1.807, 2.05) is 24.3 Å². The van der Waals surface area contributed by atoms with Crippen molar-refractivity contribution in [2.24, 2.45) is 0 Å². The smallest absolute Gasteiger partial charge is 0.315 e. The first kappa shape index (κ1) is 23.8. The Bertz CT molecular complexity index is 689. The minimum absolute atomic E-state index is 0.00158. The largest absolute Gasteiger partial charge is 0.379 e. The summed E-state index contributed by atoms with van der Waals surface area (Å²) >= 11 is 6.04. The maximum atomic E-state index is 12.4. The minimum atomic E-state index is -0.123. The number of rotatable bonds is 9. The zero-order valence-electron chi connectivity index (χ0n) is 18.2. The molecule has 7 nitrogen and oxygen atoms in total. The molecule has 1 atom stereocenters. The van der Waals surface area contributed by atoms with Gasteiger partial charge in [0.1, 0.15) is 0 Å². The molecule has 3 rings (SSSR count). The average molecular weight is 451 g/mol. The Balaban J connectivity index is 1.37. The molecule has 172 valence electrons. The van der Waals surface area contributed by atoms with Crippen molar-refractivity contribution >= 4 is 23.5 Å². The summed E-state index contributed by atoms with van der Waals surface area (Å²) in [5.41, 5.74) is 1.13. The van der Waals surface area contributed by atoms with Crippen molar-refractivity contribution < 1.29 is 14.3 Å². The molecule has 0 spiro atoms. The lowest BCUT2D eigenvalue weighted by Gasteiger charge is -2.35. The average Bonchev–Trinajstić information content (AvgIpc) is 2.79. The van der Waals surface area contributed by atoms with Gasteiger partial charge in [-0.2, -0.15) is 0 Å². The minimum Gasteiger partial charge on any atom is -0.379 e. The van der Waals surface area contributed by atoms with E-state index in [2.05, 4.69) is 20.9 Å². The van der Waals surface area contributed by atoms with Crippen LogP contribution in [0, 0.1) is 0 Å². The van der Waals surface area contributed by atoms with Gasteiger partial charge in [-0.3, -0.25) is 9.69 Å². The Morgan fingerprint density at radius 3 is 2.48 bits per heavy atom. The molecule has 0 aromatic heterocycles. The molecule has 0 radical (unpaired) electrons. The number of hydrogen-bond acceptors (Lipinski definition) is 4. The van der Waals surface area contributed by atoms with Gasteiger partial charge in [0, 0.05) is 43.7 Å². The van der Waals surface area contributed by atoms with Gasteiger partial charge in [-0.15, -0.1) is 0 Å². The lowest BCUT2D eigenvalue weighted by atomic mass is 9.96. The van der Waals surface area contributed by atoms with Gasteiger partial charge < -0.3 is 20.7 Å². The number of benzene rings is 1. The molecule has 1 aromatic rings. The summed E-state index contributed by atoms with van der Waals surface area (Å²) < 4.78 is 5.47. The topological polar surface area (TPSA) is 82.7 Å². The predicted octanol–water partition coefficient (Wildman–Crippen LogP) is 3.24. The number of hydrogen-bond donors (Lipinski definition) is 3. The van der Waals surface area contributed by atoms with E-state index in [1.165, 1.54) is 19.3 Å². The first-order chi connectivity index (χ1) is 15.1. The van der Waals surface area contributed by atoms with Gasteiger partial charge in [0.05, 0.1) is 19.3 Å². The maximum absolute atomic E-state index is 12.4. The second-order valence-corrected chi connectivity index (χ2v) is 8.79. The zero-order chi connectivity index (χ0) is 21.9. The number of urea groups is 1. The van der Waals surface area contributed by atoms with Crippen LogP contribution in [0.4, 0.5) is 4.79 Å². The van der Waals surface area contributed by atoms with Crippen LogP contribution in [0.5, 0.6) is 0 Å². The lowest BCUT2D eigenvalue weighted by molar-refractivity contribution is -0.121. The van der Waals surface area contributed by atoms with Gasteiger partial charge in [-0.1, -0.05) is 43.0 Å². The van der Waals surface area contributed by atoms with Crippen LogP contribution in [0.15, 0.2) is 24.3 Å². The van der Waals surface area contributed by atoms with Gasteiger partial charge >= 0.3 is 6.03 Å². The van der Waals surface area contributed by atoms with Gasteiger partial charge in [0.15, 0.2) is 0 Å². The number of ether oxygens (including phenoxy) is 1. The molecule has 1 saturated carbocycles. The third kappa shape index (κ3) is 8.31. The highest BCUT2D eigenvalue weighted by Gasteiger charge is 2.23. The van der Waals surface area contributed by atoms with E-state index in [4.69, 9.17) is 16.3 Å². The molecule has 1 aromatic carbocycles. The monoisotopic (exact) mass is 450 g/mol. The first-order valence-corrected chi connectivity index (χ1v) is 11.9. The van der Waals surface area contributed by atoms with Crippen molar-refractivity contribution in [3.63, 3.8) is 0 Å². The molecular formula is C23H35ClN4O3. The molecule has 1 heterocycles. The van der Waals surface area contributed by atoms with Crippen LogP contribution in [-0.4, -0.2) is 62.3 Å². The Kier molecular flexibility index (Phi) is 9.90. The second-order valence-electron chi connectivity index (χ2n) is 8.36. The van der Waals surface area contributed by atoms with Crippen LogP contribution in [0.2, 0.25) is 5.02 Å². The highest BCUT2D eigenvalue weighted by Crippen LogP contribution is 2.23. The third-order valence-corrected chi connectivity index (χ3v) is 6.29. The Morgan fingerprint density at radius 1 is 1.06 bits per heavy atom. The molecule has 3 amide bonds. The van der Waals surface area contributed by atoms with E-state index >= 15 is 0 Å². The molecule has 1 aliphatic heterocycles. The van der Waals surface area contributed by atoms with Crippen LogP contribution in [0.25, 0.3) is 0 Å². The second kappa shape index (κ2) is 12.9. The summed E-state index contributed by atoms with van der Waals surface area (Å²) in [7, 11) is 0. The Morgan fingerprint density at radius 2 is 1.77 bits per heavy atom. The predicted molar refractivity (Wildman–Crippen MR) is 122 cm³/mol. The van der Waals surface area contributed by atoms with E-state index in [0.717, 1.165) is 31.5 Å². The van der Waals surface area contributed by atoms with Gasteiger partial charge in [-0.05, 0) is 37.0 Å². The molecule has 1 saturated heterocycles. The van der Waals surface area contributed by atoms with Crippen molar-refractivity contribution in [3.8, 4) is 0 Å². The summed E-state index contributed by atoms with van der Waals surface area (Å²) in [5.74, 6) is 0.00158. The van der Waals surface area contributed by atoms with E-state index in [9.17, 15) is 9.59 Å². The maximum Gasteiger partial charge on any atom is 0.315 e. The van der Waals surface area contributed by atoms with Gasteiger partial charge in [0.25, 0.3) is 0 Å². The highest BCUT2D eigenvalue weighted by molar-refractivity contribution is 6.30. The van der Waals surface area contributed by atoms with Crippen molar-refractivity contribution in [1.82, 2.24) is 20.9 Å². The number of carbonyl (C=O) groups is 2. The molecule has 31 heavy (non-hydrogen) atoms. The molecule has 0 bridgehead atoms.